The van der Waals surface area contributed by atoms with E-state index in [9.17, 15) is 19.5 Å². The standard InChI is InChI=1S/C26H40N2O4/c1-9-20(16-19-13-11-10-12-14-19)23(29)27-22(26(5,6)7)24(30)28(8)21(17(2)3)15-18(4)25(31)32/h10-15,17,20-22H,9,16H2,1-8H3,(H,27,29)(H,31,32)/b18-15+/t20-,21+,22+/m0/s1. The second-order valence-corrected chi connectivity index (χ2v) is 9.94. The number of carboxylic acid groups (broad SMARTS) is 1. The fraction of sp³-hybridized carbons (Fsp3) is 0.577. The largest absolute Gasteiger partial charge is 0.478 e. The first-order chi connectivity index (χ1) is 14.8. The zero-order valence-electron chi connectivity index (χ0n) is 20.8. The van der Waals surface area contributed by atoms with Crippen LogP contribution in [0.15, 0.2) is 42.0 Å². The summed E-state index contributed by atoms with van der Waals surface area (Å²) in [5, 5.41) is 12.3. The molecule has 1 rings (SSSR count). The molecule has 6 heteroatoms. The van der Waals surface area contributed by atoms with E-state index in [1.807, 2.05) is 71.9 Å². The molecule has 2 N–H and O–H groups in total. The van der Waals surface area contributed by atoms with Crippen LogP contribution in [-0.2, 0) is 20.8 Å². The Labute approximate surface area is 193 Å². The summed E-state index contributed by atoms with van der Waals surface area (Å²) < 4.78 is 0. The van der Waals surface area contributed by atoms with E-state index in [1.165, 1.54) is 6.92 Å². The summed E-state index contributed by atoms with van der Waals surface area (Å²) in [4.78, 5) is 39.6. The van der Waals surface area contributed by atoms with Crippen LogP contribution in [-0.4, -0.2) is 46.9 Å². The van der Waals surface area contributed by atoms with Gasteiger partial charge in [-0.05, 0) is 36.7 Å². The van der Waals surface area contributed by atoms with E-state index in [-0.39, 0.29) is 29.2 Å². The predicted molar refractivity (Wildman–Crippen MR) is 128 cm³/mol. The number of carboxylic acids is 1. The molecule has 0 aromatic heterocycles. The molecule has 1 aromatic carbocycles. The summed E-state index contributed by atoms with van der Waals surface area (Å²) >= 11 is 0. The maximum absolute atomic E-state index is 13.5. The number of hydrogen-bond acceptors (Lipinski definition) is 3. The number of carbonyl (C=O) groups is 3. The van der Waals surface area contributed by atoms with Crippen molar-refractivity contribution in [1.29, 1.82) is 0 Å². The van der Waals surface area contributed by atoms with Crippen molar-refractivity contribution in [2.75, 3.05) is 7.05 Å². The third-order valence-electron chi connectivity index (χ3n) is 5.82. The van der Waals surface area contributed by atoms with Crippen LogP contribution in [0.5, 0.6) is 0 Å². The van der Waals surface area contributed by atoms with Crippen molar-refractivity contribution in [3.63, 3.8) is 0 Å². The van der Waals surface area contributed by atoms with Crippen molar-refractivity contribution < 1.29 is 19.5 Å². The number of nitrogens with zero attached hydrogens (tertiary/aromatic N) is 1. The van der Waals surface area contributed by atoms with E-state index >= 15 is 0 Å². The number of nitrogens with one attached hydrogen (secondary N) is 1. The number of rotatable bonds is 10. The average Bonchev–Trinajstić information content (AvgIpc) is 2.72. The lowest BCUT2D eigenvalue weighted by atomic mass is 9.84. The van der Waals surface area contributed by atoms with Crippen LogP contribution >= 0.6 is 0 Å². The van der Waals surface area contributed by atoms with Crippen molar-refractivity contribution in [2.24, 2.45) is 17.3 Å². The zero-order valence-corrected chi connectivity index (χ0v) is 20.8. The lowest BCUT2D eigenvalue weighted by Gasteiger charge is -2.38. The third kappa shape index (κ3) is 7.81. The molecule has 178 valence electrons. The smallest absolute Gasteiger partial charge is 0.331 e. The van der Waals surface area contributed by atoms with Gasteiger partial charge in [0.1, 0.15) is 6.04 Å². The second kappa shape index (κ2) is 11.8. The van der Waals surface area contributed by atoms with Gasteiger partial charge in [0.25, 0.3) is 0 Å². The van der Waals surface area contributed by atoms with Crippen molar-refractivity contribution in [3.8, 4) is 0 Å². The predicted octanol–water partition coefficient (Wildman–Crippen LogP) is 4.30. The summed E-state index contributed by atoms with van der Waals surface area (Å²) in [6.07, 6.45) is 2.88. The Morgan fingerprint density at radius 1 is 1.12 bits per heavy atom. The second-order valence-electron chi connectivity index (χ2n) is 9.94. The van der Waals surface area contributed by atoms with Crippen LogP contribution < -0.4 is 5.32 Å². The summed E-state index contributed by atoms with van der Waals surface area (Å²) in [5.41, 5.74) is 0.757. The highest BCUT2D eigenvalue weighted by Crippen LogP contribution is 2.25. The molecule has 2 amide bonds. The van der Waals surface area contributed by atoms with E-state index in [2.05, 4.69) is 5.32 Å². The molecule has 0 radical (unpaired) electrons. The van der Waals surface area contributed by atoms with Crippen LogP contribution in [0.2, 0.25) is 0 Å². The molecule has 0 saturated carbocycles. The maximum atomic E-state index is 13.5. The van der Waals surface area contributed by atoms with Gasteiger partial charge in [0, 0.05) is 18.5 Å². The van der Waals surface area contributed by atoms with Crippen molar-refractivity contribution in [1.82, 2.24) is 10.2 Å². The molecule has 0 aliphatic heterocycles. The first-order valence-electron chi connectivity index (χ1n) is 11.3. The van der Waals surface area contributed by atoms with Crippen LogP contribution in [0.4, 0.5) is 0 Å². The van der Waals surface area contributed by atoms with Gasteiger partial charge in [-0.25, -0.2) is 4.79 Å². The van der Waals surface area contributed by atoms with E-state index in [4.69, 9.17) is 0 Å². The molecular formula is C26H40N2O4. The van der Waals surface area contributed by atoms with Gasteiger partial charge < -0.3 is 15.3 Å². The van der Waals surface area contributed by atoms with Gasteiger partial charge in [0.2, 0.25) is 11.8 Å². The van der Waals surface area contributed by atoms with E-state index < -0.39 is 23.5 Å². The fourth-order valence-corrected chi connectivity index (χ4v) is 3.66. The van der Waals surface area contributed by atoms with Crippen molar-refractivity contribution in [3.05, 3.63) is 47.5 Å². The highest BCUT2D eigenvalue weighted by atomic mass is 16.4. The summed E-state index contributed by atoms with van der Waals surface area (Å²) in [5.74, 6) is -1.61. The first kappa shape index (κ1) is 27.4. The summed E-state index contributed by atoms with van der Waals surface area (Å²) in [6.45, 7) is 13.1. The lowest BCUT2D eigenvalue weighted by molar-refractivity contribution is -0.141. The lowest BCUT2D eigenvalue weighted by Crippen LogP contribution is -2.57. The number of hydrogen-bond donors (Lipinski definition) is 2. The highest BCUT2D eigenvalue weighted by Gasteiger charge is 2.37. The summed E-state index contributed by atoms with van der Waals surface area (Å²) in [6, 6.07) is 8.72. The molecule has 0 aliphatic carbocycles. The Balaban J connectivity index is 3.13. The topological polar surface area (TPSA) is 86.7 Å². The Morgan fingerprint density at radius 2 is 1.69 bits per heavy atom. The molecule has 0 fully saturated rings. The average molecular weight is 445 g/mol. The Hall–Kier alpha value is -2.63. The third-order valence-corrected chi connectivity index (χ3v) is 5.82. The van der Waals surface area contributed by atoms with Gasteiger partial charge in [0.15, 0.2) is 0 Å². The molecule has 0 saturated heterocycles. The minimum Gasteiger partial charge on any atom is -0.478 e. The Morgan fingerprint density at radius 3 is 2.12 bits per heavy atom. The first-order valence-corrected chi connectivity index (χ1v) is 11.3. The molecule has 0 spiro atoms. The minimum atomic E-state index is -1.01. The normalized spacial score (nSPS) is 15.1. The number of aliphatic carboxylic acids is 1. The molecule has 0 unspecified atom stereocenters. The Kier molecular flexibility index (Phi) is 10.1. The van der Waals surface area contributed by atoms with E-state index in [1.54, 1.807) is 18.0 Å². The molecule has 1 aromatic rings. The van der Waals surface area contributed by atoms with Crippen LogP contribution in [0.3, 0.4) is 0 Å². The van der Waals surface area contributed by atoms with Crippen LogP contribution in [0.1, 0.15) is 60.5 Å². The molecule has 3 atom stereocenters. The van der Waals surface area contributed by atoms with Gasteiger partial charge in [-0.2, -0.15) is 0 Å². The maximum Gasteiger partial charge on any atom is 0.331 e. The number of amides is 2. The van der Waals surface area contributed by atoms with Crippen LogP contribution in [0.25, 0.3) is 0 Å². The molecule has 0 heterocycles. The fourth-order valence-electron chi connectivity index (χ4n) is 3.66. The minimum absolute atomic E-state index is 0.0102. The number of benzene rings is 1. The number of likely N-dealkylation sites (N-methyl/N-ethyl adjacent to an activating group) is 1. The molecule has 0 aliphatic rings. The molecular weight excluding hydrogens is 404 g/mol. The van der Waals surface area contributed by atoms with Gasteiger partial charge in [-0.15, -0.1) is 0 Å². The quantitative estimate of drug-likeness (QED) is 0.527. The van der Waals surface area contributed by atoms with Crippen molar-refractivity contribution >= 4 is 17.8 Å². The van der Waals surface area contributed by atoms with Gasteiger partial charge >= 0.3 is 5.97 Å². The van der Waals surface area contributed by atoms with Crippen molar-refractivity contribution in [2.45, 2.75) is 73.4 Å². The molecule has 0 bridgehead atoms. The zero-order chi connectivity index (χ0) is 24.6. The van der Waals surface area contributed by atoms with Gasteiger partial charge in [0.05, 0.1) is 6.04 Å². The molecule has 6 nitrogen and oxygen atoms in total. The van der Waals surface area contributed by atoms with Gasteiger partial charge in [-0.1, -0.05) is 78.0 Å². The summed E-state index contributed by atoms with van der Waals surface area (Å²) in [7, 11) is 1.67. The van der Waals surface area contributed by atoms with Crippen LogP contribution in [0, 0.1) is 17.3 Å². The highest BCUT2D eigenvalue weighted by molar-refractivity contribution is 5.90. The van der Waals surface area contributed by atoms with E-state index in [0.717, 1.165) is 5.56 Å². The SMILES string of the molecule is CC[C@@H](Cc1ccccc1)C(=O)N[C@H](C(=O)N(C)[C@H](/C=C(\C)C(=O)O)C(C)C)C(C)(C)C. The molecule has 32 heavy (non-hydrogen) atoms. The Bertz CT molecular complexity index is 809. The number of carbonyl (C=O) groups excluding carboxylic acids is 2. The van der Waals surface area contributed by atoms with Gasteiger partial charge in [-0.3, -0.25) is 9.59 Å². The van der Waals surface area contributed by atoms with E-state index in [0.29, 0.717) is 12.8 Å². The monoisotopic (exact) mass is 444 g/mol.